The van der Waals surface area contributed by atoms with Crippen molar-refractivity contribution in [3.05, 3.63) is 47.5 Å². The molecule has 0 saturated carbocycles. The molecule has 0 fully saturated rings. The normalized spacial score (nSPS) is 11.2. The minimum atomic E-state index is -0.990. The van der Waals surface area contributed by atoms with E-state index in [0.29, 0.717) is 0 Å². The summed E-state index contributed by atoms with van der Waals surface area (Å²) in [5.41, 5.74) is 2.27. The van der Waals surface area contributed by atoms with Gasteiger partial charge in [-0.1, -0.05) is 13.3 Å². The molecule has 0 saturated heterocycles. The van der Waals surface area contributed by atoms with Gasteiger partial charge in [0.05, 0.1) is 11.1 Å². The third-order valence-corrected chi connectivity index (χ3v) is 4.09. The summed E-state index contributed by atoms with van der Waals surface area (Å²) in [6.45, 7) is 2.92. The lowest BCUT2D eigenvalue weighted by molar-refractivity contribution is 0.0686. The molecule has 0 aliphatic rings. The van der Waals surface area contributed by atoms with Crippen molar-refractivity contribution in [2.45, 2.75) is 26.3 Å². The van der Waals surface area contributed by atoms with E-state index in [0.717, 1.165) is 41.2 Å². The van der Waals surface area contributed by atoms with E-state index in [-0.39, 0.29) is 11.1 Å². The summed E-state index contributed by atoms with van der Waals surface area (Å²) < 4.78 is 2.13. The van der Waals surface area contributed by atoms with Crippen LogP contribution in [0.15, 0.2) is 36.4 Å². The third-order valence-electron chi connectivity index (χ3n) is 4.09. The van der Waals surface area contributed by atoms with Crippen LogP contribution in [0.25, 0.3) is 21.8 Å². The van der Waals surface area contributed by atoms with Gasteiger partial charge in [0.2, 0.25) is 0 Å². The highest BCUT2D eigenvalue weighted by Gasteiger charge is 2.15. The van der Waals surface area contributed by atoms with Gasteiger partial charge in [-0.05, 0) is 42.8 Å². The highest BCUT2D eigenvalue weighted by atomic mass is 16.4. The molecule has 3 rings (SSSR count). The summed E-state index contributed by atoms with van der Waals surface area (Å²) >= 11 is 0. The SMILES string of the molecule is CCCCn1c2ccc(C(=O)O)cc2c2cc(C(=O)O)ccc21. The van der Waals surface area contributed by atoms with Gasteiger partial charge in [0, 0.05) is 28.4 Å². The van der Waals surface area contributed by atoms with Crippen molar-refractivity contribution in [3.63, 3.8) is 0 Å². The number of aryl methyl sites for hydroxylation is 1. The van der Waals surface area contributed by atoms with Gasteiger partial charge in [0.15, 0.2) is 0 Å². The van der Waals surface area contributed by atoms with Crippen LogP contribution in [0.2, 0.25) is 0 Å². The molecule has 0 aliphatic heterocycles. The Morgan fingerprint density at radius 1 is 0.913 bits per heavy atom. The molecule has 0 bridgehead atoms. The number of nitrogens with zero attached hydrogens (tertiary/aromatic N) is 1. The first-order chi connectivity index (χ1) is 11.0. The standard InChI is InChI=1S/C18H17NO4/c1-2-3-8-19-15-6-4-11(17(20)21)9-13(15)14-10-12(18(22)23)5-7-16(14)19/h4-7,9-10H,2-3,8H2,1H3,(H,20,21)(H,22,23). The van der Waals surface area contributed by atoms with Crippen molar-refractivity contribution in [2.24, 2.45) is 0 Å². The first kappa shape index (κ1) is 15.1. The highest BCUT2D eigenvalue weighted by Crippen LogP contribution is 2.31. The van der Waals surface area contributed by atoms with Crippen LogP contribution < -0.4 is 0 Å². The van der Waals surface area contributed by atoms with E-state index in [1.54, 1.807) is 36.4 Å². The Balaban J connectivity index is 2.35. The second-order valence-electron chi connectivity index (χ2n) is 5.58. The Bertz CT molecular complexity index is 852. The molecular weight excluding hydrogens is 294 g/mol. The van der Waals surface area contributed by atoms with Gasteiger partial charge >= 0.3 is 11.9 Å². The van der Waals surface area contributed by atoms with E-state index < -0.39 is 11.9 Å². The Labute approximate surface area is 132 Å². The van der Waals surface area contributed by atoms with Crippen LogP contribution in [0.4, 0.5) is 0 Å². The first-order valence-electron chi connectivity index (χ1n) is 7.55. The van der Waals surface area contributed by atoms with Crippen molar-refractivity contribution >= 4 is 33.7 Å². The molecule has 3 aromatic rings. The molecule has 0 spiro atoms. The fourth-order valence-corrected chi connectivity index (χ4v) is 2.93. The van der Waals surface area contributed by atoms with Crippen LogP contribution in [0, 0.1) is 0 Å². The lowest BCUT2D eigenvalue weighted by Crippen LogP contribution is -1.99. The average Bonchev–Trinajstić information content (AvgIpc) is 2.85. The fourth-order valence-electron chi connectivity index (χ4n) is 2.93. The summed E-state index contributed by atoms with van der Waals surface area (Å²) in [6, 6.07) is 10.0. The maximum absolute atomic E-state index is 11.2. The summed E-state index contributed by atoms with van der Waals surface area (Å²) in [6.07, 6.45) is 2.04. The van der Waals surface area contributed by atoms with Crippen LogP contribution in [-0.2, 0) is 6.54 Å². The number of carboxylic acid groups (broad SMARTS) is 2. The second kappa shape index (κ2) is 5.76. The fraction of sp³-hybridized carbons (Fsp3) is 0.222. The summed E-state index contributed by atoms with van der Waals surface area (Å²) in [7, 11) is 0. The van der Waals surface area contributed by atoms with Crippen molar-refractivity contribution in [2.75, 3.05) is 0 Å². The average molecular weight is 311 g/mol. The van der Waals surface area contributed by atoms with E-state index in [1.807, 2.05) is 0 Å². The highest BCUT2D eigenvalue weighted by molar-refractivity contribution is 6.11. The number of carboxylic acids is 2. The molecule has 5 nitrogen and oxygen atoms in total. The van der Waals surface area contributed by atoms with Gasteiger partial charge in [-0.25, -0.2) is 9.59 Å². The van der Waals surface area contributed by atoms with Crippen molar-refractivity contribution in [1.82, 2.24) is 4.57 Å². The lowest BCUT2D eigenvalue weighted by Gasteiger charge is -2.06. The zero-order valence-corrected chi connectivity index (χ0v) is 12.7. The number of carbonyl (C=O) groups is 2. The second-order valence-corrected chi connectivity index (χ2v) is 5.58. The number of fused-ring (bicyclic) bond motifs is 3. The zero-order valence-electron chi connectivity index (χ0n) is 12.7. The lowest BCUT2D eigenvalue weighted by atomic mass is 10.1. The van der Waals surface area contributed by atoms with Crippen molar-refractivity contribution in [1.29, 1.82) is 0 Å². The number of hydrogen-bond donors (Lipinski definition) is 2. The summed E-state index contributed by atoms with van der Waals surface area (Å²) in [4.78, 5) is 22.5. The monoisotopic (exact) mass is 311 g/mol. The van der Waals surface area contributed by atoms with E-state index in [4.69, 9.17) is 0 Å². The molecule has 1 aromatic heterocycles. The van der Waals surface area contributed by atoms with Crippen LogP contribution in [0.5, 0.6) is 0 Å². The molecule has 0 unspecified atom stereocenters. The van der Waals surface area contributed by atoms with Crippen LogP contribution in [0.3, 0.4) is 0 Å². The van der Waals surface area contributed by atoms with E-state index >= 15 is 0 Å². The zero-order chi connectivity index (χ0) is 16.6. The summed E-state index contributed by atoms with van der Waals surface area (Å²) in [5, 5.41) is 20.0. The molecule has 2 N–H and O–H groups in total. The topological polar surface area (TPSA) is 79.5 Å². The Kier molecular flexibility index (Phi) is 3.78. The molecular formula is C18H17NO4. The van der Waals surface area contributed by atoms with Gasteiger partial charge in [-0.2, -0.15) is 0 Å². The molecule has 118 valence electrons. The van der Waals surface area contributed by atoms with Crippen LogP contribution >= 0.6 is 0 Å². The minimum Gasteiger partial charge on any atom is -0.478 e. The molecule has 0 radical (unpaired) electrons. The minimum absolute atomic E-state index is 0.202. The molecule has 0 aliphatic carbocycles. The Morgan fingerprint density at radius 2 is 1.39 bits per heavy atom. The number of aromatic carboxylic acids is 2. The number of benzene rings is 2. The largest absolute Gasteiger partial charge is 0.478 e. The van der Waals surface area contributed by atoms with Crippen LogP contribution in [-0.4, -0.2) is 26.7 Å². The van der Waals surface area contributed by atoms with Gasteiger partial charge < -0.3 is 14.8 Å². The van der Waals surface area contributed by atoms with Gasteiger partial charge in [-0.3, -0.25) is 0 Å². The Hall–Kier alpha value is -2.82. The molecule has 0 atom stereocenters. The third kappa shape index (κ3) is 2.54. The smallest absolute Gasteiger partial charge is 0.335 e. The number of rotatable bonds is 5. The van der Waals surface area contributed by atoms with Crippen molar-refractivity contribution < 1.29 is 19.8 Å². The molecule has 2 aromatic carbocycles. The van der Waals surface area contributed by atoms with E-state index in [9.17, 15) is 19.8 Å². The molecule has 0 amide bonds. The van der Waals surface area contributed by atoms with E-state index in [2.05, 4.69) is 11.5 Å². The molecule has 1 heterocycles. The maximum Gasteiger partial charge on any atom is 0.335 e. The van der Waals surface area contributed by atoms with Gasteiger partial charge in [-0.15, -0.1) is 0 Å². The first-order valence-corrected chi connectivity index (χ1v) is 7.55. The summed E-state index contributed by atoms with van der Waals surface area (Å²) in [5.74, 6) is -1.98. The van der Waals surface area contributed by atoms with Gasteiger partial charge in [0.1, 0.15) is 0 Å². The van der Waals surface area contributed by atoms with Crippen LogP contribution in [0.1, 0.15) is 40.5 Å². The number of unbranched alkanes of at least 4 members (excludes halogenated alkanes) is 1. The predicted molar refractivity (Wildman–Crippen MR) is 88.3 cm³/mol. The predicted octanol–water partition coefficient (Wildman–Crippen LogP) is 3.99. The van der Waals surface area contributed by atoms with Gasteiger partial charge in [0.25, 0.3) is 0 Å². The molecule has 23 heavy (non-hydrogen) atoms. The maximum atomic E-state index is 11.2. The number of aromatic nitrogens is 1. The number of hydrogen-bond acceptors (Lipinski definition) is 2. The molecule has 5 heteroatoms. The van der Waals surface area contributed by atoms with Crippen molar-refractivity contribution in [3.8, 4) is 0 Å². The Morgan fingerprint density at radius 3 is 1.78 bits per heavy atom. The van der Waals surface area contributed by atoms with E-state index in [1.165, 1.54) is 0 Å². The quantitative estimate of drug-likeness (QED) is 0.746.